The number of hydrogen-bond acceptors (Lipinski definition) is 3. The molecule has 1 aliphatic heterocycles. The zero-order valence-electron chi connectivity index (χ0n) is 10.5. The van der Waals surface area contributed by atoms with Crippen LogP contribution in [0.3, 0.4) is 0 Å². The Morgan fingerprint density at radius 1 is 1.17 bits per heavy atom. The van der Waals surface area contributed by atoms with Gasteiger partial charge in [-0.15, -0.1) is 0 Å². The fourth-order valence-electron chi connectivity index (χ4n) is 2.21. The first-order valence-electron chi connectivity index (χ1n) is 6.25. The van der Waals surface area contributed by atoms with Crippen LogP contribution in [0.15, 0.2) is 36.4 Å². The molecule has 1 heterocycles. The van der Waals surface area contributed by atoms with Crippen molar-refractivity contribution < 1.29 is 9.47 Å². The molecular weight excluding hydrogens is 226 g/mol. The second kappa shape index (κ2) is 4.96. The van der Waals surface area contributed by atoms with E-state index < -0.39 is 0 Å². The third-order valence-electron chi connectivity index (χ3n) is 3.29. The first-order valence-corrected chi connectivity index (χ1v) is 6.25. The molecule has 0 unspecified atom stereocenters. The Morgan fingerprint density at radius 2 is 2.00 bits per heavy atom. The fraction of sp³-hybridized carbons (Fsp3) is 0.333. The molecule has 3 rings (SSSR count). The van der Waals surface area contributed by atoms with E-state index in [4.69, 9.17) is 9.47 Å². The van der Waals surface area contributed by atoms with E-state index in [-0.39, 0.29) is 6.10 Å². The molecule has 3 heteroatoms. The maximum Gasteiger partial charge on any atom is 0.133 e. The zero-order valence-corrected chi connectivity index (χ0v) is 10.5. The van der Waals surface area contributed by atoms with Gasteiger partial charge in [-0.1, -0.05) is 36.4 Å². The molecule has 0 amide bonds. The minimum Gasteiger partial charge on any atom is -0.487 e. The molecule has 0 spiro atoms. The first-order chi connectivity index (χ1) is 8.88. The monoisotopic (exact) mass is 243 g/mol. The number of nitrogens with one attached hydrogen (secondary N) is 1. The van der Waals surface area contributed by atoms with E-state index in [0.717, 1.165) is 24.4 Å². The number of fused-ring (bicyclic) bond motifs is 1. The largest absolute Gasteiger partial charge is 0.487 e. The van der Waals surface area contributed by atoms with Crippen LogP contribution in [0.4, 0.5) is 0 Å². The molecule has 2 aromatic rings. The van der Waals surface area contributed by atoms with Crippen LogP contribution in [0.25, 0.3) is 10.8 Å². The standard InChI is InChI=1S/C15H17NO2/c1-17-10-12-7-6-11-4-2-3-5-14(11)15(12)18-13-8-16-9-13/h2-7,13,16H,8-10H2,1H3. The third kappa shape index (κ3) is 2.07. The summed E-state index contributed by atoms with van der Waals surface area (Å²) in [6.07, 6.45) is 0.284. The van der Waals surface area contributed by atoms with E-state index in [9.17, 15) is 0 Å². The summed E-state index contributed by atoms with van der Waals surface area (Å²) in [4.78, 5) is 0. The normalized spacial score (nSPS) is 15.6. The van der Waals surface area contributed by atoms with E-state index in [1.807, 2.05) is 12.1 Å². The highest BCUT2D eigenvalue weighted by molar-refractivity contribution is 5.89. The molecule has 2 aromatic carbocycles. The van der Waals surface area contributed by atoms with E-state index in [2.05, 4.69) is 29.6 Å². The summed E-state index contributed by atoms with van der Waals surface area (Å²) >= 11 is 0. The van der Waals surface area contributed by atoms with Crippen molar-refractivity contribution in [2.45, 2.75) is 12.7 Å². The van der Waals surface area contributed by atoms with Crippen LogP contribution >= 0.6 is 0 Å². The Balaban J connectivity index is 2.05. The fourth-order valence-corrected chi connectivity index (χ4v) is 2.21. The van der Waals surface area contributed by atoms with Crippen LogP contribution < -0.4 is 10.1 Å². The van der Waals surface area contributed by atoms with Gasteiger partial charge in [0.25, 0.3) is 0 Å². The molecule has 3 nitrogen and oxygen atoms in total. The minimum atomic E-state index is 0.284. The Labute approximate surface area is 107 Å². The lowest BCUT2D eigenvalue weighted by Gasteiger charge is -2.29. The highest BCUT2D eigenvalue weighted by atomic mass is 16.5. The second-order valence-corrected chi connectivity index (χ2v) is 4.61. The molecule has 0 saturated carbocycles. The molecule has 0 aromatic heterocycles. The lowest BCUT2D eigenvalue weighted by molar-refractivity contribution is 0.134. The first kappa shape index (κ1) is 11.5. The van der Waals surface area contributed by atoms with Crippen LogP contribution in [0, 0.1) is 0 Å². The van der Waals surface area contributed by atoms with Crippen molar-refractivity contribution in [3.05, 3.63) is 42.0 Å². The van der Waals surface area contributed by atoms with E-state index in [1.165, 1.54) is 10.8 Å². The van der Waals surface area contributed by atoms with Crippen molar-refractivity contribution in [3.8, 4) is 5.75 Å². The predicted molar refractivity (Wildman–Crippen MR) is 71.9 cm³/mol. The molecule has 1 N–H and O–H groups in total. The minimum absolute atomic E-state index is 0.284. The predicted octanol–water partition coefficient (Wildman–Crippen LogP) is 2.34. The highest BCUT2D eigenvalue weighted by Crippen LogP contribution is 2.31. The SMILES string of the molecule is COCc1ccc2ccccc2c1OC1CNC1. The molecule has 0 radical (unpaired) electrons. The van der Waals surface area contributed by atoms with Gasteiger partial charge in [-0.05, 0) is 5.39 Å². The van der Waals surface area contributed by atoms with Crippen LogP contribution in [0.1, 0.15) is 5.56 Å². The summed E-state index contributed by atoms with van der Waals surface area (Å²) in [5, 5.41) is 5.60. The van der Waals surface area contributed by atoms with E-state index in [0.29, 0.717) is 6.61 Å². The van der Waals surface area contributed by atoms with Gasteiger partial charge < -0.3 is 14.8 Å². The Hall–Kier alpha value is -1.58. The van der Waals surface area contributed by atoms with Gasteiger partial charge in [0, 0.05) is 31.1 Å². The van der Waals surface area contributed by atoms with Crippen LogP contribution in [0.2, 0.25) is 0 Å². The summed E-state index contributed by atoms with van der Waals surface area (Å²) in [6, 6.07) is 12.5. The van der Waals surface area contributed by atoms with Crippen LogP contribution in [-0.2, 0) is 11.3 Å². The average Bonchev–Trinajstić information content (AvgIpc) is 2.35. The molecule has 1 aliphatic rings. The van der Waals surface area contributed by atoms with Crippen molar-refractivity contribution >= 4 is 10.8 Å². The summed E-state index contributed by atoms with van der Waals surface area (Å²) in [7, 11) is 1.71. The molecular formula is C15H17NO2. The van der Waals surface area contributed by atoms with Gasteiger partial charge in [-0.25, -0.2) is 0 Å². The van der Waals surface area contributed by atoms with Crippen LogP contribution in [-0.4, -0.2) is 26.3 Å². The van der Waals surface area contributed by atoms with Gasteiger partial charge >= 0.3 is 0 Å². The van der Waals surface area contributed by atoms with Crippen molar-refractivity contribution in [2.24, 2.45) is 0 Å². The van der Waals surface area contributed by atoms with Crippen molar-refractivity contribution in [1.82, 2.24) is 5.32 Å². The summed E-state index contributed by atoms with van der Waals surface area (Å²) in [5.41, 5.74) is 1.11. The molecule has 1 saturated heterocycles. The summed E-state index contributed by atoms with van der Waals surface area (Å²) < 4.78 is 11.4. The lowest BCUT2D eigenvalue weighted by atomic mass is 10.1. The second-order valence-electron chi connectivity index (χ2n) is 4.61. The number of ether oxygens (including phenoxy) is 2. The molecule has 1 fully saturated rings. The molecule has 0 atom stereocenters. The maximum absolute atomic E-state index is 6.10. The third-order valence-corrected chi connectivity index (χ3v) is 3.29. The Morgan fingerprint density at radius 3 is 2.72 bits per heavy atom. The Kier molecular flexibility index (Phi) is 3.17. The van der Waals surface area contributed by atoms with Crippen molar-refractivity contribution in [2.75, 3.05) is 20.2 Å². The van der Waals surface area contributed by atoms with E-state index in [1.54, 1.807) is 7.11 Å². The van der Waals surface area contributed by atoms with Crippen LogP contribution in [0.5, 0.6) is 5.75 Å². The number of benzene rings is 2. The van der Waals surface area contributed by atoms with E-state index >= 15 is 0 Å². The number of rotatable bonds is 4. The van der Waals surface area contributed by atoms with Gasteiger partial charge in [0.2, 0.25) is 0 Å². The number of methoxy groups -OCH3 is 1. The smallest absolute Gasteiger partial charge is 0.133 e. The van der Waals surface area contributed by atoms with Crippen molar-refractivity contribution in [3.63, 3.8) is 0 Å². The lowest BCUT2D eigenvalue weighted by Crippen LogP contribution is -2.50. The number of hydrogen-bond donors (Lipinski definition) is 1. The summed E-state index contributed by atoms with van der Waals surface area (Å²) in [6.45, 7) is 2.44. The zero-order chi connectivity index (χ0) is 12.4. The average molecular weight is 243 g/mol. The molecule has 18 heavy (non-hydrogen) atoms. The van der Waals surface area contributed by atoms with Gasteiger partial charge in [-0.2, -0.15) is 0 Å². The van der Waals surface area contributed by atoms with Gasteiger partial charge in [-0.3, -0.25) is 0 Å². The van der Waals surface area contributed by atoms with Gasteiger partial charge in [0.05, 0.1) is 6.61 Å². The van der Waals surface area contributed by atoms with Crippen molar-refractivity contribution in [1.29, 1.82) is 0 Å². The van der Waals surface area contributed by atoms with Gasteiger partial charge in [0.15, 0.2) is 0 Å². The highest BCUT2D eigenvalue weighted by Gasteiger charge is 2.20. The Bertz CT molecular complexity index is 549. The topological polar surface area (TPSA) is 30.5 Å². The molecule has 0 bridgehead atoms. The summed E-state index contributed by atoms with van der Waals surface area (Å²) in [5.74, 6) is 0.974. The maximum atomic E-state index is 6.10. The van der Waals surface area contributed by atoms with Gasteiger partial charge in [0.1, 0.15) is 11.9 Å². The quantitative estimate of drug-likeness (QED) is 0.894. The molecule has 94 valence electrons. The molecule has 0 aliphatic carbocycles.